The first-order valence-electron chi connectivity index (χ1n) is 10.7. The van der Waals surface area contributed by atoms with E-state index in [1.54, 1.807) is 0 Å². The molecule has 1 N–H and O–H groups in total. The molecule has 0 aliphatic heterocycles. The van der Waals surface area contributed by atoms with Crippen molar-refractivity contribution in [2.45, 2.75) is 116 Å². The van der Waals surface area contributed by atoms with Gasteiger partial charge in [-0.05, 0) is 54.0 Å². The maximum absolute atomic E-state index is 11.2. The molecule has 0 unspecified atom stereocenters. The van der Waals surface area contributed by atoms with Crippen molar-refractivity contribution in [1.82, 2.24) is 0 Å². The van der Waals surface area contributed by atoms with Crippen LogP contribution in [0.15, 0.2) is 12.1 Å². The van der Waals surface area contributed by atoms with E-state index >= 15 is 0 Å². The Bertz CT molecular complexity index is 700. The lowest BCUT2D eigenvalue weighted by molar-refractivity contribution is 0.0758. The van der Waals surface area contributed by atoms with Gasteiger partial charge in [-0.15, -0.1) is 0 Å². The predicted octanol–water partition coefficient (Wildman–Crippen LogP) is 7.21. The number of aliphatic hydroxyl groups is 1. The standard InChI is InChI=1S/C25H40ClOP/c1-22(2,3)17-15-18(23(4,5)6)20(19(16-17)24(7,8)9)28-21(26)25(27)13-11-10-12-14-25/h15-16,27H,10-14H2,1-9H3. The van der Waals surface area contributed by atoms with Crippen LogP contribution in [0.5, 0.6) is 0 Å². The monoisotopic (exact) mass is 422 g/mol. The van der Waals surface area contributed by atoms with Crippen LogP contribution in [0.3, 0.4) is 0 Å². The molecule has 1 aliphatic carbocycles. The van der Waals surface area contributed by atoms with E-state index in [1.807, 2.05) is 0 Å². The normalized spacial score (nSPS) is 19.0. The maximum atomic E-state index is 11.2. The Morgan fingerprint density at radius 2 is 1.25 bits per heavy atom. The molecule has 1 fully saturated rings. The van der Waals surface area contributed by atoms with Crippen molar-refractivity contribution in [3.05, 3.63) is 28.8 Å². The molecule has 28 heavy (non-hydrogen) atoms. The van der Waals surface area contributed by atoms with Crippen molar-refractivity contribution in [3.63, 3.8) is 0 Å². The minimum Gasteiger partial charge on any atom is -0.384 e. The van der Waals surface area contributed by atoms with Crippen LogP contribution in [0.2, 0.25) is 0 Å². The van der Waals surface area contributed by atoms with Gasteiger partial charge in [-0.25, -0.2) is 0 Å². The van der Waals surface area contributed by atoms with Gasteiger partial charge in [0.1, 0.15) is 5.60 Å². The van der Waals surface area contributed by atoms with E-state index in [9.17, 15) is 5.11 Å². The van der Waals surface area contributed by atoms with Crippen LogP contribution in [0, 0.1) is 0 Å². The molecule has 1 nitrogen and oxygen atoms in total. The number of halogens is 1. The van der Waals surface area contributed by atoms with E-state index < -0.39 is 5.60 Å². The molecule has 158 valence electrons. The van der Waals surface area contributed by atoms with E-state index in [-0.39, 0.29) is 16.2 Å². The number of benzene rings is 1. The summed E-state index contributed by atoms with van der Waals surface area (Å²) in [5, 5.41) is 12.5. The van der Waals surface area contributed by atoms with Crippen molar-refractivity contribution in [3.8, 4) is 0 Å². The molecule has 0 heterocycles. The molecule has 1 aliphatic rings. The third kappa shape index (κ3) is 5.41. The summed E-state index contributed by atoms with van der Waals surface area (Å²) in [6, 6.07) is 4.76. The fourth-order valence-corrected chi connectivity index (χ4v) is 5.99. The van der Waals surface area contributed by atoms with E-state index in [0.717, 1.165) is 33.9 Å². The largest absolute Gasteiger partial charge is 0.384 e. The van der Waals surface area contributed by atoms with E-state index in [1.165, 1.54) is 28.4 Å². The third-order valence-corrected chi connectivity index (χ3v) is 7.79. The molecule has 0 saturated heterocycles. The lowest BCUT2D eigenvalue weighted by Crippen LogP contribution is -2.38. The van der Waals surface area contributed by atoms with Crippen LogP contribution in [0.4, 0.5) is 0 Å². The third-order valence-electron chi connectivity index (χ3n) is 5.87. The highest BCUT2D eigenvalue weighted by atomic mass is 35.5. The first-order valence-corrected chi connectivity index (χ1v) is 12.0. The van der Waals surface area contributed by atoms with Gasteiger partial charge in [0.05, 0.1) is 4.75 Å². The van der Waals surface area contributed by atoms with Crippen molar-refractivity contribution in [2.24, 2.45) is 0 Å². The molecule has 0 amide bonds. The van der Waals surface area contributed by atoms with Crippen molar-refractivity contribution >= 4 is 29.9 Å². The summed E-state index contributed by atoms with van der Waals surface area (Å²) in [4.78, 5) is 0. The summed E-state index contributed by atoms with van der Waals surface area (Å²) in [6.45, 7) is 20.5. The van der Waals surface area contributed by atoms with Crippen LogP contribution >= 0.6 is 19.8 Å². The SMILES string of the molecule is CC(C)(C)c1cc(C(C)(C)C)c(P=C(Cl)C2(O)CCCCC2)c(C(C)(C)C)c1. The molecule has 0 bridgehead atoms. The van der Waals surface area contributed by atoms with Crippen LogP contribution in [-0.2, 0) is 16.2 Å². The average Bonchev–Trinajstić information content (AvgIpc) is 2.52. The molecule has 0 spiro atoms. The van der Waals surface area contributed by atoms with Gasteiger partial charge in [0, 0.05) is 5.30 Å². The Kier molecular flexibility index (Phi) is 6.88. The summed E-state index contributed by atoms with van der Waals surface area (Å²) < 4.78 is 0.701. The molecule has 3 heteroatoms. The average molecular weight is 423 g/mol. The highest BCUT2D eigenvalue weighted by molar-refractivity contribution is 7.54. The number of rotatable bonds is 2. The first-order chi connectivity index (χ1) is 12.6. The van der Waals surface area contributed by atoms with E-state index in [4.69, 9.17) is 11.6 Å². The fraction of sp³-hybridized carbons (Fsp3) is 0.720. The zero-order chi connectivity index (χ0) is 21.5. The van der Waals surface area contributed by atoms with Crippen molar-refractivity contribution in [2.75, 3.05) is 0 Å². The summed E-state index contributed by atoms with van der Waals surface area (Å²) >= 11 is 6.86. The molecular formula is C25H40ClOP. The van der Waals surface area contributed by atoms with Gasteiger partial charge in [-0.1, -0.05) is 105 Å². The Hall–Kier alpha value is -0.360. The summed E-state index contributed by atoms with van der Waals surface area (Å²) in [5.41, 5.74) is 3.35. The van der Waals surface area contributed by atoms with Gasteiger partial charge in [0.15, 0.2) is 0 Å². The van der Waals surface area contributed by atoms with Crippen LogP contribution in [0.1, 0.15) is 111 Å². The highest BCUT2D eigenvalue weighted by Gasteiger charge is 2.35. The Morgan fingerprint density at radius 1 is 0.821 bits per heavy atom. The Labute approximate surface area is 180 Å². The molecule has 1 saturated carbocycles. The minimum atomic E-state index is -0.825. The summed E-state index contributed by atoms with van der Waals surface area (Å²) in [7, 11) is 0.972. The van der Waals surface area contributed by atoms with Crippen LogP contribution < -0.4 is 5.30 Å². The van der Waals surface area contributed by atoms with E-state index in [0.29, 0.717) is 4.75 Å². The zero-order valence-corrected chi connectivity index (χ0v) is 21.1. The second kappa shape index (κ2) is 8.05. The predicted molar refractivity (Wildman–Crippen MR) is 128 cm³/mol. The molecule has 0 atom stereocenters. The minimum absolute atomic E-state index is 0.00987. The van der Waals surface area contributed by atoms with Crippen molar-refractivity contribution < 1.29 is 5.11 Å². The highest BCUT2D eigenvalue weighted by Crippen LogP contribution is 2.38. The van der Waals surface area contributed by atoms with Gasteiger partial charge in [-0.2, -0.15) is 0 Å². The second-order valence-corrected chi connectivity index (χ2v) is 13.4. The van der Waals surface area contributed by atoms with Gasteiger partial charge in [0.25, 0.3) is 0 Å². The topological polar surface area (TPSA) is 20.2 Å². The summed E-state index contributed by atoms with van der Waals surface area (Å²) in [6.07, 6.45) is 4.89. The summed E-state index contributed by atoms with van der Waals surface area (Å²) in [5.74, 6) is 0. The maximum Gasteiger partial charge on any atom is 0.104 e. The first kappa shape index (κ1) is 23.9. The smallest absolute Gasteiger partial charge is 0.104 e. The quantitative estimate of drug-likeness (QED) is 0.499. The number of hydrogen-bond acceptors (Lipinski definition) is 1. The second-order valence-electron chi connectivity index (χ2n) is 11.7. The lowest BCUT2D eigenvalue weighted by atomic mass is 9.75. The Balaban J connectivity index is 2.78. The lowest BCUT2D eigenvalue weighted by Gasteiger charge is -2.34. The molecular weight excluding hydrogens is 383 g/mol. The van der Waals surface area contributed by atoms with Crippen LogP contribution in [0.25, 0.3) is 0 Å². The van der Waals surface area contributed by atoms with E-state index in [2.05, 4.69) is 74.4 Å². The van der Waals surface area contributed by atoms with Crippen molar-refractivity contribution in [1.29, 1.82) is 0 Å². The number of hydrogen-bond donors (Lipinski definition) is 1. The van der Waals surface area contributed by atoms with Gasteiger partial charge in [0.2, 0.25) is 0 Å². The zero-order valence-electron chi connectivity index (χ0n) is 19.5. The van der Waals surface area contributed by atoms with Gasteiger partial charge in [-0.3, -0.25) is 0 Å². The Morgan fingerprint density at radius 3 is 1.61 bits per heavy atom. The molecule has 1 aromatic rings. The molecule has 0 aromatic heterocycles. The van der Waals surface area contributed by atoms with Gasteiger partial charge >= 0.3 is 0 Å². The molecule has 0 radical (unpaired) electrons. The molecule has 2 rings (SSSR count). The van der Waals surface area contributed by atoms with Crippen LogP contribution in [-0.4, -0.2) is 15.5 Å². The van der Waals surface area contributed by atoms with Gasteiger partial charge < -0.3 is 5.11 Å². The fourth-order valence-electron chi connectivity index (χ4n) is 3.88. The molecule has 1 aromatic carbocycles.